The predicted octanol–water partition coefficient (Wildman–Crippen LogP) is 0.912. The molecule has 1 aromatic rings. The zero-order chi connectivity index (χ0) is 12.3. The second-order valence-electron chi connectivity index (χ2n) is 4.71. The largest absolute Gasteiger partial charge is 0.388 e. The molecule has 0 saturated carbocycles. The van der Waals surface area contributed by atoms with Gasteiger partial charge in [-0.1, -0.05) is 12.1 Å². The van der Waals surface area contributed by atoms with E-state index in [-0.39, 0.29) is 5.91 Å². The van der Waals surface area contributed by atoms with Gasteiger partial charge in [-0.15, -0.1) is 0 Å². The van der Waals surface area contributed by atoms with Crippen LogP contribution in [0.4, 0.5) is 5.69 Å². The van der Waals surface area contributed by atoms with E-state index in [1.165, 1.54) is 6.92 Å². The third-order valence-electron chi connectivity index (χ3n) is 3.03. The van der Waals surface area contributed by atoms with Crippen LogP contribution in [0.5, 0.6) is 0 Å². The van der Waals surface area contributed by atoms with E-state index in [1.807, 2.05) is 24.3 Å². The molecule has 0 aromatic heterocycles. The molecule has 2 rings (SSSR count). The molecule has 4 heteroatoms. The number of β-amino-alcohol motifs (C(OH)–C–C–N with tert-alkyl or cyclic N) is 1. The minimum atomic E-state index is -0.616. The van der Waals surface area contributed by atoms with Gasteiger partial charge >= 0.3 is 0 Å². The Hall–Kier alpha value is -1.39. The van der Waals surface area contributed by atoms with Crippen molar-refractivity contribution in [3.05, 3.63) is 29.8 Å². The number of anilines is 1. The molecule has 1 atom stereocenters. The van der Waals surface area contributed by atoms with Crippen molar-refractivity contribution < 1.29 is 9.90 Å². The number of rotatable bonds is 3. The van der Waals surface area contributed by atoms with E-state index < -0.39 is 5.60 Å². The van der Waals surface area contributed by atoms with Gasteiger partial charge in [-0.05, 0) is 30.7 Å². The molecule has 0 bridgehead atoms. The molecule has 1 aliphatic rings. The van der Waals surface area contributed by atoms with Gasteiger partial charge in [0.05, 0.1) is 5.60 Å². The predicted molar refractivity (Wildman–Crippen MR) is 66.9 cm³/mol. The van der Waals surface area contributed by atoms with Crippen LogP contribution < -0.4 is 10.6 Å². The van der Waals surface area contributed by atoms with Gasteiger partial charge in [0.15, 0.2) is 0 Å². The zero-order valence-electron chi connectivity index (χ0n) is 9.99. The van der Waals surface area contributed by atoms with E-state index in [9.17, 15) is 9.90 Å². The number of carbonyl (C=O) groups is 1. The first kappa shape index (κ1) is 12.1. The van der Waals surface area contributed by atoms with Crippen LogP contribution in [0.1, 0.15) is 18.9 Å². The van der Waals surface area contributed by atoms with E-state index in [0.29, 0.717) is 13.0 Å². The first-order valence-corrected chi connectivity index (χ1v) is 5.87. The van der Waals surface area contributed by atoms with Gasteiger partial charge in [0.25, 0.3) is 0 Å². The first-order chi connectivity index (χ1) is 8.07. The second-order valence-corrected chi connectivity index (χ2v) is 4.71. The summed E-state index contributed by atoms with van der Waals surface area (Å²) in [4.78, 5) is 10.9. The number of amides is 1. The van der Waals surface area contributed by atoms with Gasteiger partial charge in [-0.3, -0.25) is 4.79 Å². The van der Waals surface area contributed by atoms with Crippen molar-refractivity contribution in [1.82, 2.24) is 5.32 Å². The minimum Gasteiger partial charge on any atom is -0.388 e. The van der Waals surface area contributed by atoms with Crippen LogP contribution >= 0.6 is 0 Å². The van der Waals surface area contributed by atoms with Crippen molar-refractivity contribution in [2.45, 2.75) is 25.4 Å². The number of benzene rings is 1. The highest BCUT2D eigenvalue weighted by molar-refractivity contribution is 5.88. The van der Waals surface area contributed by atoms with Crippen LogP contribution in [-0.2, 0) is 11.2 Å². The number of hydrogen-bond donors (Lipinski definition) is 3. The average Bonchev–Trinajstić information content (AvgIpc) is 2.67. The third kappa shape index (κ3) is 3.28. The Bertz CT molecular complexity index is 394. The third-order valence-corrected chi connectivity index (χ3v) is 3.03. The molecule has 0 spiro atoms. The molecule has 17 heavy (non-hydrogen) atoms. The summed E-state index contributed by atoms with van der Waals surface area (Å²) < 4.78 is 0. The summed E-state index contributed by atoms with van der Waals surface area (Å²) in [6, 6.07) is 7.62. The summed E-state index contributed by atoms with van der Waals surface area (Å²) in [6.45, 7) is 3.02. The van der Waals surface area contributed by atoms with Crippen LogP contribution in [-0.4, -0.2) is 29.7 Å². The highest BCUT2D eigenvalue weighted by Gasteiger charge is 2.30. The lowest BCUT2D eigenvalue weighted by Crippen LogP contribution is -2.33. The molecule has 0 radical (unpaired) electrons. The van der Waals surface area contributed by atoms with Crippen molar-refractivity contribution in [3.63, 3.8) is 0 Å². The lowest BCUT2D eigenvalue weighted by molar-refractivity contribution is -0.114. The topological polar surface area (TPSA) is 61.4 Å². The van der Waals surface area contributed by atoms with Gasteiger partial charge < -0.3 is 15.7 Å². The minimum absolute atomic E-state index is 0.0728. The lowest BCUT2D eigenvalue weighted by Gasteiger charge is -2.21. The maximum Gasteiger partial charge on any atom is 0.221 e. The molecule has 0 aliphatic carbocycles. The van der Waals surface area contributed by atoms with Crippen LogP contribution in [0, 0.1) is 0 Å². The Kier molecular flexibility index (Phi) is 3.45. The highest BCUT2D eigenvalue weighted by atomic mass is 16.3. The summed E-state index contributed by atoms with van der Waals surface area (Å²) in [7, 11) is 0. The molecule has 1 unspecified atom stereocenters. The quantitative estimate of drug-likeness (QED) is 0.728. The van der Waals surface area contributed by atoms with E-state index >= 15 is 0 Å². The molecule has 1 fully saturated rings. The van der Waals surface area contributed by atoms with Crippen LogP contribution in [0.25, 0.3) is 0 Å². The Balaban J connectivity index is 2.00. The number of carbonyl (C=O) groups excluding carboxylic acids is 1. The maximum atomic E-state index is 10.9. The first-order valence-electron chi connectivity index (χ1n) is 5.87. The Morgan fingerprint density at radius 2 is 2.18 bits per heavy atom. The van der Waals surface area contributed by atoms with Crippen LogP contribution in [0.15, 0.2) is 24.3 Å². The monoisotopic (exact) mass is 234 g/mol. The van der Waals surface area contributed by atoms with E-state index in [4.69, 9.17) is 0 Å². The summed E-state index contributed by atoms with van der Waals surface area (Å²) in [5.41, 5.74) is 1.26. The van der Waals surface area contributed by atoms with Crippen LogP contribution in [0.3, 0.4) is 0 Å². The van der Waals surface area contributed by atoms with E-state index in [0.717, 1.165) is 24.2 Å². The summed E-state index contributed by atoms with van der Waals surface area (Å²) in [5.74, 6) is -0.0728. The van der Waals surface area contributed by atoms with E-state index in [2.05, 4.69) is 10.6 Å². The van der Waals surface area contributed by atoms with E-state index in [1.54, 1.807) is 0 Å². The van der Waals surface area contributed by atoms with Gasteiger partial charge in [0.1, 0.15) is 0 Å². The lowest BCUT2D eigenvalue weighted by atomic mass is 9.94. The van der Waals surface area contributed by atoms with Crippen LogP contribution in [0.2, 0.25) is 0 Å². The van der Waals surface area contributed by atoms with Crippen molar-refractivity contribution in [1.29, 1.82) is 0 Å². The molecule has 3 N–H and O–H groups in total. The molecule has 1 amide bonds. The summed E-state index contributed by atoms with van der Waals surface area (Å²) >= 11 is 0. The maximum absolute atomic E-state index is 10.9. The fraction of sp³-hybridized carbons (Fsp3) is 0.462. The highest BCUT2D eigenvalue weighted by Crippen LogP contribution is 2.21. The Morgan fingerprint density at radius 1 is 1.47 bits per heavy atom. The Morgan fingerprint density at radius 3 is 2.71 bits per heavy atom. The average molecular weight is 234 g/mol. The van der Waals surface area contributed by atoms with Gasteiger partial charge in [-0.25, -0.2) is 0 Å². The fourth-order valence-corrected chi connectivity index (χ4v) is 2.17. The Labute approximate surface area is 101 Å². The number of hydrogen-bond acceptors (Lipinski definition) is 3. The molecule has 92 valence electrons. The van der Waals surface area contributed by atoms with Gasteiger partial charge in [0, 0.05) is 25.6 Å². The van der Waals surface area contributed by atoms with Crippen molar-refractivity contribution in [3.8, 4) is 0 Å². The molecule has 1 saturated heterocycles. The number of nitrogens with one attached hydrogen (secondary N) is 2. The van der Waals surface area contributed by atoms with Gasteiger partial charge in [-0.2, -0.15) is 0 Å². The fourth-order valence-electron chi connectivity index (χ4n) is 2.17. The molecule has 4 nitrogen and oxygen atoms in total. The summed E-state index contributed by atoms with van der Waals surface area (Å²) in [5, 5.41) is 16.1. The number of aliphatic hydroxyl groups is 1. The SMILES string of the molecule is CC(=O)Nc1ccc(CC2(O)CCNC2)cc1. The normalized spacial score (nSPS) is 23.6. The molecular weight excluding hydrogens is 216 g/mol. The van der Waals surface area contributed by atoms with Gasteiger partial charge in [0.2, 0.25) is 5.91 Å². The molecule has 1 aromatic carbocycles. The summed E-state index contributed by atoms with van der Waals surface area (Å²) in [6.07, 6.45) is 1.45. The smallest absolute Gasteiger partial charge is 0.221 e. The second kappa shape index (κ2) is 4.85. The molecular formula is C13H18N2O2. The zero-order valence-corrected chi connectivity index (χ0v) is 9.99. The molecule has 1 heterocycles. The van der Waals surface area contributed by atoms with Crippen molar-refractivity contribution in [2.75, 3.05) is 18.4 Å². The standard InChI is InChI=1S/C13H18N2O2/c1-10(16)15-12-4-2-11(3-5-12)8-13(17)6-7-14-9-13/h2-5,14,17H,6-9H2,1H3,(H,15,16). The van der Waals surface area contributed by atoms with Crippen molar-refractivity contribution in [2.24, 2.45) is 0 Å². The molecule has 1 aliphatic heterocycles. The van der Waals surface area contributed by atoms with Crippen molar-refractivity contribution >= 4 is 11.6 Å².